The van der Waals surface area contributed by atoms with Gasteiger partial charge in [0.15, 0.2) is 5.82 Å². The predicted octanol–water partition coefficient (Wildman–Crippen LogP) is 3.50. The second kappa shape index (κ2) is 10.3. The number of pyridine rings is 1. The van der Waals surface area contributed by atoms with Gasteiger partial charge in [0.2, 0.25) is 0 Å². The van der Waals surface area contributed by atoms with E-state index in [1.165, 1.54) is 6.33 Å². The molecular formula is C25H27N7O3. The highest BCUT2D eigenvalue weighted by Crippen LogP contribution is 2.28. The predicted molar refractivity (Wildman–Crippen MR) is 133 cm³/mol. The normalized spacial score (nSPS) is 11.8. The molecule has 0 saturated heterocycles. The summed E-state index contributed by atoms with van der Waals surface area (Å²) in [6.45, 7) is 6.11. The minimum absolute atomic E-state index is 0.133. The van der Waals surface area contributed by atoms with Gasteiger partial charge in [-0.15, -0.1) is 0 Å². The van der Waals surface area contributed by atoms with E-state index in [1.54, 1.807) is 42.3 Å². The molecule has 4 aromatic rings. The molecule has 2 amide bonds. The van der Waals surface area contributed by atoms with Crippen molar-refractivity contribution in [3.05, 3.63) is 77.5 Å². The van der Waals surface area contributed by atoms with Crippen LogP contribution in [0.15, 0.2) is 55.2 Å². The van der Waals surface area contributed by atoms with E-state index in [-0.39, 0.29) is 17.9 Å². The van der Waals surface area contributed by atoms with Crippen LogP contribution in [0.1, 0.15) is 38.8 Å². The highest BCUT2D eigenvalue weighted by atomic mass is 16.5. The number of nitrogens with zero attached hydrogens (tertiary/aromatic N) is 4. The Morgan fingerprint density at radius 3 is 2.63 bits per heavy atom. The fourth-order valence-electron chi connectivity index (χ4n) is 3.74. The Hall–Kier alpha value is -4.31. The molecule has 35 heavy (non-hydrogen) atoms. The fraction of sp³-hybridized carbons (Fsp3) is 0.240. The number of amides is 2. The van der Waals surface area contributed by atoms with E-state index >= 15 is 0 Å². The third-order valence-electron chi connectivity index (χ3n) is 5.56. The number of benzene rings is 1. The molecule has 4 rings (SSSR count). The number of aromatic nitrogens is 4. The number of aryl methyl sites for hydroxylation is 2. The zero-order valence-corrected chi connectivity index (χ0v) is 20.0. The van der Waals surface area contributed by atoms with Crippen molar-refractivity contribution in [2.24, 2.45) is 0 Å². The number of anilines is 3. The lowest BCUT2D eigenvalue weighted by Gasteiger charge is -2.13. The molecule has 0 unspecified atom stereocenters. The van der Waals surface area contributed by atoms with E-state index in [0.717, 1.165) is 16.8 Å². The van der Waals surface area contributed by atoms with Crippen LogP contribution in [0.3, 0.4) is 0 Å². The van der Waals surface area contributed by atoms with Gasteiger partial charge in [0.1, 0.15) is 11.8 Å². The van der Waals surface area contributed by atoms with E-state index in [2.05, 4.69) is 31.0 Å². The zero-order valence-electron chi connectivity index (χ0n) is 20.0. The van der Waals surface area contributed by atoms with E-state index in [9.17, 15) is 9.59 Å². The SMILES string of the molecule is COC[C@H](C)NC(=O)c1cn2ncnc(Nc3cc(NC(=O)c4ccncc4)ccc3C)c2c1C. The van der Waals surface area contributed by atoms with Gasteiger partial charge in [-0.1, -0.05) is 6.07 Å². The molecule has 0 spiro atoms. The Balaban J connectivity index is 1.61. The van der Waals surface area contributed by atoms with E-state index in [4.69, 9.17) is 4.74 Å². The molecule has 10 nitrogen and oxygen atoms in total. The van der Waals surface area contributed by atoms with Crippen LogP contribution in [0, 0.1) is 13.8 Å². The second-order valence-corrected chi connectivity index (χ2v) is 8.24. The van der Waals surface area contributed by atoms with Crippen LogP contribution in [-0.2, 0) is 4.74 Å². The van der Waals surface area contributed by atoms with Crippen molar-refractivity contribution in [3.63, 3.8) is 0 Å². The zero-order chi connectivity index (χ0) is 24.9. The third kappa shape index (κ3) is 5.28. The Bertz CT molecular complexity index is 1370. The molecule has 0 radical (unpaired) electrons. The molecular weight excluding hydrogens is 446 g/mol. The standard InChI is InChI=1S/C25H27N7O3/c1-15-5-6-19(30-24(33)18-7-9-26-10-8-18)11-21(15)31-23-22-17(3)20(12-32(22)28-14-27-23)25(34)29-16(2)13-35-4/h5-12,14,16H,13H2,1-4H3,(H,29,34)(H,30,33)(H,27,28,31)/t16-/m0/s1. The van der Waals surface area contributed by atoms with Crippen molar-refractivity contribution < 1.29 is 14.3 Å². The number of carbonyl (C=O) groups is 2. The van der Waals surface area contributed by atoms with Crippen LogP contribution in [0.4, 0.5) is 17.2 Å². The van der Waals surface area contributed by atoms with E-state index in [1.807, 2.05) is 39.0 Å². The van der Waals surface area contributed by atoms with Gasteiger partial charge in [-0.3, -0.25) is 14.6 Å². The number of fused-ring (bicyclic) bond motifs is 1. The smallest absolute Gasteiger partial charge is 0.255 e. The largest absolute Gasteiger partial charge is 0.383 e. The first-order valence-electron chi connectivity index (χ1n) is 11.1. The maximum atomic E-state index is 12.8. The molecule has 180 valence electrons. The fourth-order valence-corrected chi connectivity index (χ4v) is 3.74. The van der Waals surface area contributed by atoms with Crippen LogP contribution in [-0.4, -0.2) is 51.2 Å². The molecule has 3 aromatic heterocycles. The molecule has 0 saturated carbocycles. The molecule has 0 fully saturated rings. The summed E-state index contributed by atoms with van der Waals surface area (Å²) in [6.07, 6.45) is 6.26. The second-order valence-electron chi connectivity index (χ2n) is 8.24. The highest BCUT2D eigenvalue weighted by Gasteiger charge is 2.19. The summed E-state index contributed by atoms with van der Waals surface area (Å²) >= 11 is 0. The van der Waals surface area contributed by atoms with Crippen molar-refractivity contribution in [1.29, 1.82) is 0 Å². The molecule has 1 atom stereocenters. The quantitative estimate of drug-likeness (QED) is 0.358. The Morgan fingerprint density at radius 1 is 1.11 bits per heavy atom. The summed E-state index contributed by atoms with van der Waals surface area (Å²) in [5.41, 5.74) is 4.80. The van der Waals surface area contributed by atoms with Gasteiger partial charge in [0, 0.05) is 48.7 Å². The Kier molecular flexibility index (Phi) is 7.02. The maximum Gasteiger partial charge on any atom is 0.255 e. The first kappa shape index (κ1) is 23.8. The number of methoxy groups -OCH3 is 1. The van der Waals surface area contributed by atoms with E-state index in [0.29, 0.717) is 34.8 Å². The summed E-state index contributed by atoms with van der Waals surface area (Å²) in [7, 11) is 1.59. The Morgan fingerprint density at radius 2 is 1.89 bits per heavy atom. The summed E-state index contributed by atoms with van der Waals surface area (Å²) in [4.78, 5) is 33.7. The van der Waals surface area contributed by atoms with Gasteiger partial charge in [-0.05, 0) is 56.2 Å². The van der Waals surface area contributed by atoms with E-state index < -0.39 is 0 Å². The molecule has 3 heterocycles. The van der Waals surface area contributed by atoms with Crippen molar-refractivity contribution in [2.45, 2.75) is 26.8 Å². The van der Waals surface area contributed by atoms with Crippen LogP contribution < -0.4 is 16.0 Å². The monoisotopic (exact) mass is 473 g/mol. The number of nitrogens with one attached hydrogen (secondary N) is 3. The average Bonchev–Trinajstić information content (AvgIpc) is 3.19. The number of carbonyl (C=O) groups excluding carboxylic acids is 2. The van der Waals surface area contributed by atoms with Crippen molar-refractivity contribution in [2.75, 3.05) is 24.4 Å². The summed E-state index contributed by atoms with van der Waals surface area (Å²) < 4.78 is 6.73. The lowest BCUT2D eigenvalue weighted by atomic mass is 10.1. The van der Waals surface area contributed by atoms with Crippen molar-refractivity contribution >= 4 is 34.5 Å². The molecule has 0 aliphatic carbocycles. The molecule has 0 aliphatic rings. The minimum atomic E-state index is -0.229. The lowest BCUT2D eigenvalue weighted by molar-refractivity contribution is 0.0904. The summed E-state index contributed by atoms with van der Waals surface area (Å²) in [6, 6.07) is 8.75. The van der Waals surface area contributed by atoms with Crippen LogP contribution in [0.5, 0.6) is 0 Å². The topological polar surface area (TPSA) is 123 Å². The number of hydrogen-bond acceptors (Lipinski definition) is 7. The van der Waals surface area contributed by atoms with Crippen molar-refractivity contribution in [3.8, 4) is 0 Å². The third-order valence-corrected chi connectivity index (χ3v) is 5.56. The van der Waals surface area contributed by atoms with Gasteiger partial charge in [0.05, 0.1) is 12.2 Å². The highest BCUT2D eigenvalue weighted by molar-refractivity contribution is 6.04. The number of hydrogen-bond donors (Lipinski definition) is 3. The molecule has 3 N–H and O–H groups in total. The Labute approximate surface area is 202 Å². The minimum Gasteiger partial charge on any atom is -0.383 e. The molecule has 0 bridgehead atoms. The van der Waals surface area contributed by atoms with Gasteiger partial charge < -0.3 is 20.7 Å². The number of ether oxygens (including phenoxy) is 1. The van der Waals surface area contributed by atoms with Gasteiger partial charge in [-0.25, -0.2) is 9.50 Å². The summed E-state index contributed by atoms with van der Waals surface area (Å²) in [5, 5.41) is 13.4. The first-order valence-corrected chi connectivity index (χ1v) is 11.1. The molecule has 1 aromatic carbocycles. The van der Waals surface area contributed by atoms with Gasteiger partial charge in [0.25, 0.3) is 11.8 Å². The van der Waals surface area contributed by atoms with Crippen LogP contribution in [0.25, 0.3) is 5.52 Å². The number of rotatable bonds is 8. The summed E-state index contributed by atoms with van der Waals surface area (Å²) in [5.74, 6) is 0.107. The molecule has 10 heteroatoms. The van der Waals surface area contributed by atoms with Crippen molar-refractivity contribution in [1.82, 2.24) is 24.9 Å². The van der Waals surface area contributed by atoms with Gasteiger partial charge in [-0.2, -0.15) is 5.10 Å². The maximum absolute atomic E-state index is 12.8. The van der Waals surface area contributed by atoms with Gasteiger partial charge >= 0.3 is 0 Å². The van der Waals surface area contributed by atoms with Crippen LogP contribution in [0.2, 0.25) is 0 Å². The molecule has 0 aliphatic heterocycles. The lowest BCUT2D eigenvalue weighted by Crippen LogP contribution is -2.35. The first-order chi connectivity index (χ1) is 16.9. The van der Waals surface area contributed by atoms with Crippen LogP contribution >= 0.6 is 0 Å². The average molecular weight is 474 g/mol.